The fourth-order valence-electron chi connectivity index (χ4n) is 3.15. The van der Waals surface area contributed by atoms with E-state index in [1.54, 1.807) is 23.1 Å². The second kappa shape index (κ2) is 10.5. The molecule has 0 saturated heterocycles. The summed E-state index contributed by atoms with van der Waals surface area (Å²) in [5, 5.41) is 5.30. The van der Waals surface area contributed by atoms with E-state index in [0.717, 1.165) is 24.8 Å². The Labute approximate surface area is 161 Å². The van der Waals surface area contributed by atoms with Gasteiger partial charge in [0, 0.05) is 32.2 Å². The third kappa shape index (κ3) is 6.89. The fraction of sp³-hybridized carbons (Fsp3) is 0.476. The first-order valence-electron chi connectivity index (χ1n) is 9.61. The van der Waals surface area contributed by atoms with E-state index in [1.807, 2.05) is 13.0 Å². The van der Waals surface area contributed by atoms with E-state index in [-0.39, 0.29) is 5.91 Å². The Morgan fingerprint density at radius 3 is 2.63 bits per heavy atom. The van der Waals surface area contributed by atoms with Gasteiger partial charge in [0.1, 0.15) is 0 Å². The summed E-state index contributed by atoms with van der Waals surface area (Å²) in [5.74, 6) is -1.31. The highest BCUT2D eigenvalue weighted by atomic mass is 16.2. The maximum atomic E-state index is 12.1. The van der Waals surface area contributed by atoms with Crippen molar-refractivity contribution in [2.45, 2.75) is 52.5 Å². The lowest BCUT2D eigenvalue weighted by Gasteiger charge is -2.19. The van der Waals surface area contributed by atoms with Gasteiger partial charge in [-0.3, -0.25) is 14.4 Å². The molecule has 0 heterocycles. The van der Waals surface area contributed by atoms with E-state index >= 15 is 0 Å². The standard InChI is InChI=1S/C21H29N3O3/c1-3-24(16(2)25)15-18-10-7-11-19(14-18)23-21(27)20(26)22-13-12-17-8-5-4-6-9-17/h7-8,10-11,14H,3-6,9,12-13,15H2,1-2H3,(H,22,26)(H,23,27). The van der Waals surface area contributed by atoms with Gasteiger partial charge in [-0.2, -0.15) is 0 Å². The Morgan fingerprint density at radius 2 is 1.96 bits per heavy atom. The Morgan fingerprint density at radius 1 is 1.15 bits per heavy atom. The van der Waals surface area contributed by atoms with Crippen LogP contribution < -0.4 is 10.6 Å². The number of carbonyl (C=O) groups excluding carboxylic acids is 3. The maximum absolute atomic E-state index is 12.1. The Kier molecular flexibility index (Phi) is 8.04. The van der Waals surface area contributed by atoms with Crippen LogP contribution >= 0.6 is 0 Å². The van der Waals surface area contributed by atoms with Crippen molar-refractivity contribution in [1.82, 2.24) is 10.2 Å². The zero-order valence-electron chi connectivity index (χ0n) is 16.2. The molecule has 3 amide bonds. The second-order valence-corrected chi connectivity index (χ2v) is 6.80. The summed E-state index contributed by atoms with van der Waals surface area (Å²) in [5.41, 5.74) is 2.80. The number of anilines is 1. The summed E-state index contributed by atoms with van der Waals surface area (Å²) in [6.07, 6.45) is 7.67. The molecule has 0 fully saturated rings. The van der Waals surface area contributed by atoms with Crippen molar-refractivity contribution in [2.24, 2.45) is 0 Å². The van der Waals surface area contributed by atoms with Gasteiger partial charge in [-0.05, 0) is 56.7 Å². The van der Waals surface area contributed by atoms with Gasteiger partial charge in [0.25, 0.3) is 0 Å². The molecule has 0 bridgehead atoms. The van der Waals surface area contributed by atoms with Gasteiger partial charge < -0.3 is 15.5 Å². The fourth-order valence-corrected chi connectivity index (χ4v) is 3.15. The third-order valence-corrected chi connectivity index (χ3v) is 4.71. The highest BCUT2D eigenvalue weighted by Gasteiger charge is 2.14. The zero-order valence-corrected chi connectivity index (χ0v) is 16.2. The van der Waals surface area contributed by atoms with Gasteiger partial charge in [-0.15, -0.1) is 0 Å². The lowest BCUT2D eigenvalue weighted by atomic mass is 9.97. The number of nitrogens with zero attached hydrogens (tertiary/aromatic N) is 1. The summed E-state index contributed by atoms with van der Waals surface area (Å²) in [4.78, 5) is 37.3. The first kappa shape index (κ1) is 20.7. The number of hydrogen-bond donors (Lipinski definition) is 2. The number of hydrogen-bond acceptors (Lipinski definition) is 3. The molecule has 0 saturated carbocycles. The van der Waals surface area contributed by atoms with Crippen LogP contribution in [0.1, 0.15) is 51.5 Å². The number of benzene rings is 1. The van der Waals surface area contributed by atoms with Crippen molar-refractivity contribution in [3.05, 3.63) is 41.5 Å². The van der Waals surface area contributed by atoms with Gasteiger partial charge in [0.05, 0.1) is 0 Å². The topological polar surface area (TPSA) is 78.5 Å². The minimum atomic E-state index is -0.677. The van der Waals surface area contributed by atoms with Crippen molar-refractivity contribution >= 4 is 23.4 Å². The van der Waals surface area contributed by atoms with Crippen molar-refractivity contribution in [2.75, 3.05) is 18.4 Å². The van der Waals surface area contributed by atoms with E-state index in [9.17, 15) is 14.4 Å². The first-order valence-corrected chi connectivity index (χ1v) is 9.61. The largest absolute Gasteiger partial charge is 0.348 e. The van der Waals surface area contributed by atoms with E-state index in [1.165, 1.54) is 25.3 Å². The molecule has 0 unspecified atom stereocenters. The number of nitrogens with one attached hydrogen (secondary N) is 2. The molecular formula is C21H29N3O3. The molecule has 0 radical (unpaired) electrons. The van der Waals surface area contributed by atoms with Crippen molar-refractivity contribution in [3.63, 3.8) is 0 Å². The van der Waals surface area contributed by atoms with Crippen molar-refractivity contribution in [1.29, 1.82) is 0 Å². The van der Waals surface area contributed by atoms with Crippen LogP contribution in [0.2, 0.25) is 0 Å². The lowest BCUT2D eigenvalue weighted by molar-refractivity contribution is -0.136. The third-order valence-electron chi connectivity index (χ3n) is 4.71. The van der Waals surface area contributed by atoms with Crippen LogP contribution in [0.5, 0.6) is 0 Å². The van der Waals surface area contributed by atoms with E-state index in [4.69, 9.17) is 0 Å². The van der Waals surface area contributed by atoms with Gasteiger partial charge in [0.15, 0.2) is 0 Å². The zero-order chi connectivity index (χ0) is 19.6. The van der Waals surface area contributed by atoms with Crippen LogP contribution in [0.3, 0.4) is 0 Å². The molecule has 0 atom stereocenters. The van der Waals surface area contributed by atoms with E-state index in [0.29, 0.717) is 25.3 Å². The molecule has 1 aromatic carbocycles. The molecule has 2 N–H and O–H groups in total. The predicted molar refractivity (Wildman–Crippen MR) is 106 cm³/mol. The summed E-state index contributed by atoms with van der Waals surface area (Å²) >= 11 is 0. The van der Waals surface area contributed by atoms with Gasteiger partial charge >= 0.3 is 11.8 Å². The second-order valence-electron chi connectivity index (χ2n) is 6.80. The van der Waals surface area contributed by atoms with E-state index in [2.05, 4.69) is 16.7 Å². The molecule has 146 valence electrons. The monoisotopic (exact) mass is 371 g/mol. The van der Waals surface area contributed by atoms with Crippen LogP contribution in [0.25, 0.3) is 0 Å². The SMILES string of the molecule is CCN(Cc1cccc(NC(=O)C(=O)NCCC2=CCCCC2)c1)C(C)=O. The van der Waals surface area contributed by atoms with Crippen LogP contribution in [-0.2, 0) is 20.9 Å². The minimum Gasteiger partial charge on any atom is -0.348 e. The molecule has 6 nitrogen and oxygen atoms in total. The molecular weight excluding hydrogens is 342 g/mol. The average Bonchev–Trinajstić information content (AvgIpc) is 2.67. The highest BCUT2D eigenvalue weighted by Crippen LogP contribution is 2.19. The van der Waals surface area contributed by atoms with Crippen LogP contribution in [0, 0.1) is 0 Å². The molecule has 6 heteroatoms. The molecule has 2 rings (SSSR count). The Bertz CT molecular complexity index is 712. The quantitative estimate of drug-likeness (QED) is 0.571. The normalized spacial score (nSPS) is 13.5. The molecule has 27 heavy (non-hydrogen) atoms. The van der Waals surface area contributed by atoms with Gasteiger partial charge in [-0.25, -0.2) is 0 Å². The summed E-state index contributed by atoms with van der Waals surface area (Å²) in [6.45, 7) is 5.01. The average molecular weight is 371 g/mol. The molecule has 1 aromatic rings. The van der Waals surface area contributed by atoms with Crippen LogP contribution in [0.15, 0.2) is 35.9 Å². The number of carbonyl (C=O) groups is 3. The number of amides is 3. The lowest BCUT2D eigenvalue weighted by Crippen LogP contribution is -2.36. The smallest absolute Gasteiger partial charge is 0.313 e. The van der Waals surface area contributed by atoms with Gasteiger partial charge in [0.2, 0.25) is 5.91 Å². The Hall–Kier alpha value is -2.63. The van der Waals surface area contributed by atoms with E-state index < -0.39 is 11.8 Å². The number of allylic oxidation sites excluding steroid dienone is 1. The van der Waals surface area contributed by atoms with Crippen LogP contribution in [0.4, 0.5) is 5.69 Å². The van der Waals surface area contributed by atoms with Gasteiger partial charge in [-0.1, -0.05) is 23.8 Å². The summed E-state index contributed by atoms with van der Waals surface area (Å²) in [6, 6.07) is 7.20. The minimum absolute atomic E-state index is 0.000558. The molecule has 1 aliphatic carbocycles. The van der Waals surface area contributed by atoms with Crippen molar-refractivity contribution < 1.29 is 14.4 Å². The summed E-state index contributed by atoms with van der Waals surface area (Å²) in [7, 11) is 0. The number of rotatable bonds is 7. The molecule has 0 aliphatic heterocycles. The maximum Gasteiger partial charge on any atom is 0.313 e. The predicted octanol–water partition coefficient (Wildman–Crippen LogP) is 3.00. The molecule has 1 aliphatic rings. The highest BCUT2D eigenvalue weighted by molar-refractivity contribution is 6.39. The van der Waals surface area contributed by atoms with Crippen LogP contribution in [-0.4, -0.2) is 35.7 Å². The van der Waals surface area contributed by atoms with Crippen molar-refractivity contribution in [3.8, 4) is 0 Å². The Balaban J connectivity index is 1.83. The molecule has 0 spiro atoms. The molecule has 0 aromatic heterocycles. The first-order chi connectivity index (χ1) is 13.0. The summed E-state index contributed by atoms with van der Waals surface area (Å²) < 4.78 is 0.